The molecule has 1 saturated carbocycles. The molecule has 0 saturated heterocycles. The van der Waals surface area contributed by atoms with Crippen molar-refractivity contribution in [1.82, 2.24) is 4.98 Å². The molecule has 0 aromatic carbocycles. The molecule has 1 aliphatic carbocycles. The molecule has 0 radical (unpaired) electrons. The average molecular weight is 262 g/mol. The van der Waals surface area contributed by atoms with Gasteiger partial charge < -0.3 is 16.4 Å². The zero-order valence-corrected chi connectivity index (χ0v) is 11.2. The number of nitrogens with zero attached hydrogens (tertiary/aromatic N) is 1. The van der Waals surface area contributed by atoms with Gasteiger partial charge in [-0.15, -0.1) is 0 Å². The summed E-state index contributed by atoms with van der Waals surface area (Å²) in [6.07, 6.45) is 9.36. The molecule has 0 atom stereocenters. The number of hydrogen-bond acceptors (Lipinski definition) is 4. The number of amides is 1. The molecular formula is C14H22N4O. The van der Waals surface area contributed by atoms with E-state index in [9.17, 15) is 4.79 Å². The number of rotatable bonds is 4. The number of pyridine rings is 1. The molecule has 2 rings (SSSR count). The maximum absolute atomic E-state index is 11.1. The van der Waals surface area contributed by atoms with Crippen molar-refractivity contribution in [3.05, 3.63) is 18.3 Å². The van der Waals surface area contributed by atoms with E-state index in [1.807, 2.05) is 12.1 Å². The second kappa shape index (κ2) is 7.09. The maximum Gasteiger partial charge on any atom is 0.238 e. The Morgan fingerprint density at radius 1 is 1.26 bits per heavy atom. The fraction of sp³-hybridized carbons (Fsp3) is 0.571. The molecule has 0 unspecified atom stereocenters. The van der Waals surface area contributed by atoms with Crippen molar-refractivity contribution in [1.29, 1.82) is 0 Å². The van der Waals surface area contributed by atoms with Gasteiger partial charge in [-0.1, -0.05) is 25.7 Å². The van der Waals surface area contributed by atoms with E-state index >= 15 is 0 Å². The number of nitrogens with two attached hydrogens (primary N) is 1. The first-order valence-corrected chi connectivity index (χ1v) is 7.00. The van der Waals surface area contributed by atoms with E-state index in [-0.39, 0.29) is 12.5 Å². The van der Waals surface area contributed by atoms with Gasteiger partial charge in [0.25, 0.3) is 0 Å². The van der Waals surface area contributed by atoms with Crippen LogP contribution in [0.3, 0.4) is 0 Å². The van der Waals surface area contributed by atoms with Crippen LogP contribution in [0.5, 0.6) is 0 Å². The second-order valence-corrected chi connectivity index (χ2v) is 5.02. The molecule has 0 bridgehead atoms. The van der Waals surface area contributed by atoms with Gasteiger partial charge in [0.05, 0.1) is 18.4 Å². The Kier molecular flexibility index (Phi) is 5.15. The Labute approximate surface area is 114 Å². The SMILES string of the molecule is NCC(=O)Nc1ccc(NC2CCCCCC2)nc1. The van der Waals surface area contributed by atoms with Crippen molar-refractivity contribution in [2.75, 3.05) is 17.2 Å². The first kappa shape index (κ1) is 13.8. The summed E-state index contributed by atoms with van der Waals surface area (Å²) in [7, 11) is 0. The fourth-order valence-electron chi connectivity index (χ4n) is 2.40. The maximum atomic E-state index is 11.1. The Hall–Kier alpha value is -1.62. The molecule has 1 aromatic rings. The lowest BCUT2D eigenvalue weighted by molar-refractivity contribution is -0.114. The molecular weight excluding hydrogens is 240 g/mol. The highest BCUT2D eigenvalue weighted by molar-refractivity contribution is 5.91. The summed E-state index contributed by atoms with van der Waals surface area (Å²) in [4.78, 5) is 15.5. The van der Waals surface area contributed by atoms with E-state index in [4.69, 9.17) is 5.73 Å². The number of anilines is 2. The smallest absolute Gasteiger partial charge is 0.238 e. The molecule has 4 N–H and O–H groups in total. The Morgan fingerprint density at radius 2 is 2.00 bits per heavy atom. The van der Waals surface area contributed by atoms with Crippen molar-refractivity contribution in [2.45, 2.75) is 44.6 Å². The van der Waals surface area contributed by atoms with Crippen LogP contribution in [0.15, 0.2) is 18.3 Å². The standard InChI is InChI=1S/C14H22N4O/c15-9-14(19)18-12-7-8-13(16-10-12)17-11-5-3-1-2-4-6-11/h7-8,10-11H,1-6,9,15H2,(H,16,17)(H,18,19). The quantitative estimate of drug-likeness (QED) is 0.726. The summed E-state index contributed by atoms with van der Waals surface area (Å²) in [6, 6.07) is 4.27. The van der Waals surface area contributed by atoms with Gasteiger partial charge in [0.15, 0.2) is 0 Å². The van der Waals surface area contributed by atoms with Crippen molar-refractivity contribution in [3.63, 3.8) is 0 Å². The highest BCUT2D eigenvalue weighted by Crippen LogP contribution is 2.20. The molecule has 5 nitrogen and oxygen atoms in total. The van der Waals surface area contributed by atoms with Crippen LogP contribution in [0, 0.1) is 0 Å². The third-order valence-corrected chi connectivity index (χ3v) is 3.44. The molecule has 1 fully saturated rings. The lowest BCUT2D eigenvalue weighted by atomic mass is 10.1. The Balaban J connectivity index is 1.88. The van der Waals surface area contributed by atoms with Crippen LogP contribution in [0.25, 0.3) is 0 Å². The van der Waals surface area contributed by atoms with Crippen LogP contribution in [0.1, 0.15) is 38.5 Å². The average Bonchev–Trinajstić information content (AvgIpc) is 2.69. The van der Waals surface area contributed by atoms with Gasteiger partial charge >= 0.3 is 0 Å². The van der Waals surface area contributed by atoms with E-state index < -0.39 is 0 Å². The molecule has 104 valence electrons. The van der Waals surface area contributed by atoms with Gasteiger partial charge in [0.1, 0.15) is 5.82 Å². The minimum atomic E-state index is -0.203. The van der Waals surface area contributed by atoms with Crippen LogP contribution in [0.2, 0.25) is 0 Å². The highest BCUT2D eigenvalue weighted by atomic mass is 16.1. The van der Waals surface area contributed by atoms with E-state index in [1.165, 1.54) is 38.5 Å². The Morgan fingerprint density at radius 3 is 2.58 bits per heavy atom. The molecule has 0 aliphatic heterocycles. The lowest BCUT2D eigenvalue weighted by Crippen LogP contribution is -2.22. The van der Waals surface area contributed by atoms with Gasteiger partial charge in [-0.2, -0.15) is 0 Å². The normalized spacial score (nSPS) is 16.7. The number of carbonyl (C=O) groups is 1. The van der Waals surface area contributed by atoms with Gasteiger partial charge in [0, 0.05) is 6.04 Å². The topological polar surface area (TPSA) is 80.0 Å². The number of nitrogens with one attached hydrogen (secondary N) is 2. The zero-order chi connectivity index (χ0) is 13.5. The van der Waals surface area contributed by atoms with Crippen molar-refractivity contribution in [3.8, 4) is 0 Å². The fourth-order valence-corrected chi connectivity index (χ4v) is 2.40. The molecule has 1 heterocycles. The van der Waals surface area contributed by atoms with E-state index in [0.29, 0.717) is 11.7 Å². The third kappa shape index (κ3) is 4.52. The van der Waals surface area contributed by atoms with Crippen molar-refractivity contribution < 1.29 is 4.79 Å². The largest absolute Gasteiger partial charge is 0.367 e. The third-order valence-electron chi connectivity index (χ3n) is 3.44. The molecule has 19 heavy (non-hydrogen) atoms. The molecule has 5 heteroatoms. The summed E-state index contributed by atoms with van der Waals surface area (Å²) in [5.74, 6) is 0.670. The van der Waals surface area contributed by atoms with Crippen LogP contribution in [-0.2, 0) is 4.79 Å². The minimum Gasteiger partial charge on any atom is -0.367 e. The van der Waals surface area contributed by atoms with Gasteiger partial charge in [0.2, 0.25) is 5.91 Å². The number of carbonyl (C=O) groups excluding carboxylic acids is 1. The van der Waals surface area contributed by atoms with Crippen LogP contribution in [-0.4, -0.2) is 23.5 Å². The second-order valence-electron chi connectivity index (χ2n) is 5.02. The van der Waals surface area contributed by atoms with E-state index in [2.05, 4.69) is 15.6 Å². The number of aromatic nitrogens is 1. The highest BCUT2D eigenvalue weighted by Gasteiger charge is 2.12. The van der Waals surface area contributed by atoms with E-state index in [1.54, 1.807) is 6.20 Å². The molecule has 1 aromatic heterocycles. The Bertz CT molecular complexity index is 396. The number of hydrogen-bond donors (Lipinski definition) is 3. The summed E-state index contributed by atoms with van der Waals surface area (Å²) < 4.78 is 0. The van der Waals surface area contributed by atoms with Crippen molar-refractivity contribution >= 4 is 17.4 Å². The minimum absolute atomic E-state index is 0.0118. The van der Waals surface area contributed by atoms with Crippen LogP contribution in [0.4, 0.5) is 11.5 Å². The summed E-state index contributed by atoms with van der Waals surface area (Å²) in [6.45, 7) is -0.0118. The van der Waals surface area contributed by atoms with Gasteiger partial charge in [-0.25, -0.2) is 4.98 Å². The summed E-state index contributed by atoms with van der Waals surface area (Å²) in [5, 5.41) is 6.15. The summed E-state index contributed by atoms with van der Waals surface area (Å²) >= 11 is 0. The van der Waals surface area contributed by atoms with Crippen molar-refractivity contribution in [2.24, 2.45) is 5.73 Å². The lowest BCUT2D eigenvalue weighted by Gasteiger charge is -2.17. The first-order valence-electron chi connectivity index (χ1n) is 7.00. The van der Waals surface area contributed by atoms with Crippen LogP contribution >= 0.6 is 0 Å². The van der Waals surface area contributed by atoms with E-state index in [0.717, 1.165) is 5.82 Å². The summed E-state index contributed by atoms with van der Waals surface area (Å²) in [5.41, 5.74) is 5.93. The predicted octanol–water partition coefficient (Wildman–Crippen LogP) is 2.11. The van der Waals surface area contributed by atoms with Crippen LogP contribution < -0.4 is 16.4 Å². The predicted molar refractivity (Wildman–Crippen MR) is 77.0 cm³/mol. The van der Waals surface area contributed by atoms with Gasteiger partial charge in [-0.05, 0) is 25.0 Å². The van der Waals surface area contributed by atoms with Gasteiger partial charge in [-0.3, -0.25) is 4.79 Å². The monoisotopic (exact) mass is 262 g/mol. The molecule has 1 amide bonds. The zero-order valence-electron chi connectivity index (χ0n) is 11.2. The molecule has 1 aliphatic rings. The first-order chi connectivity index (χ1) is 9.28. The molecule has 0 spiro atoms.